The number of carbonyl (C=O) groups is 1. The SMILES string of the molecule is O=C(O)C=C1CCC(Oc2ccccc2Cl)CC1. The summed E-state index contributed by atoms with van der Waals surface area (Å²) >= 11 is 6.03. The zero-order valence-corrected chi connectivity index (χ0v) is 10.7. The Labute approximate surface area is 111 Å². The summed E-state index contributed by atoms with van der Waals surface area (Å²) in [6.07, 6.45) is 4.67. The summed E-state index contributed by atoms with van der Waals surface area (Å²) in [7, 11) is 0. The number of para-hydroxylation sites is 1. The Morgan fingerprint density at radius 1 is 1.33 bits per heavy atom. The largest absolute Gasteiger partial charge is 0.489 e. The van der Waals surface area contributed by atoms with Gasteiger partial charge in [0.2, 0.25) is 0 Å². The highest BCUT2D eigenvalue weighted by Gasteiger charge is 2.19. The molecule has 0 amide bonds. The van der Waals surface area contributed by atoms with Crippen LogP contribution in [0.15, 0.2) is 35.9 Å². The van der Waals surface area contributed by atoms with Crippen LogP contribution < -0.4 is 4.74 Å². The molecule has 1 aromatic rings. The Hall–Kier alpha value is -1.48. The predicted molar refractivity (Wildman–Crippen MR) is 70.1 cm³/mol. The maximum Gasteiger partial charge on any atom is 0.328 e. The van der Waals surface area contributed by atoms with Crippen LogP contribution in [0.1, 0.15) is 25.7 Å². The lowest BCUT2D eigenvalue weighted by molar-refractivity contribution is -0.131. The number of rotatable bonds is 3. The van der Waals surface area contributed by atoms with Crippen LogP contribution in [-0.2, 0) is 4.79 Å². The molecule has 96 valence electrons. The first-order valence-electron chi connectivity index (χ1n) is 5.98. The van der Waals surface area contributed by atoms with Crippen LogP contribution in [0.4, 0.5) is 0 Å². The molecular weight excluding hydrogens is 252 g/mol. The molecule has 18 heavy (non-hydrogen) atoms. The summed E-state index contributed by atoms with van der Waals surface area (Å²) in [4.78, 5) is 10.6. The summed E-state index contributed by atoms with van der Waals surface area (Å²) in [6.45, 7) is 0. The van der Waals surface area contributed by atoms with E-state index in [1.165, 1.54) is 6.08 Å². The van der Waals surface area contributed by atoms with Crippen LogP contribution in [0.25, 0.3) is 0 Å². The van der Waals surface area contributed by atoms with Crippen molar-refractivity contribution >= 4 is 17.6 Å². The third-order valence-corrected chi connectivity index (χ3v) is 3.34. The third-order valence-electron chi connectivity index (χ3n) is 3.03. The minimum atomic E-state index is -0.865. The number of hydrogen-bond acceptors (Lipinski definition) is 2. The Kier molecular flexibility index (Phi) is 4.26. The number of carboxylic acid groups (broad SMARTS) is 1. The fraction of sp³-hybridized carbons (Fsp3) is 0.357. The van der Waals surface area contributed by atoms with Gasteiger partial charge in [0.1, 0.15) is 5.75 Å². The quantitative estimate of drug-likeness (QED) is 0.849. The van der Waals surface area contributed by atoms with Crippen molar-refractivity contribution in [1.82, 2.24) is 0 Å². The summed E-state index contributed by atoms with van der Waals surface area (Å²) < 4.78 is 5.83. The molecule has 1 N–H and O–H groups in total. The normalized spacial score (nSPS) is 19.4. The van der Waals surface area contributed by atoms with E-state index in [0.717, 1.165) is 31.3 Å². The molecule has 0 radical (unpaired) electrons. The Morgan fingerprint density at radius 3 is 2.61 bits per heavy atom. The van der Waals surface area contributed by atoms with Gasteiger partial charge in [-0.2, -0.15) is 0 Å². The molecule has 0 aromatic heterocycles. The van der Waals surface area contributed by atoms with Gasteiger partial charge in [-0.1, -0.05) is 29.3 Å². The number of ether oxygens (including phenoxy) is 1. The number of hydrogen-bond donors (Lipinski definition) is 1. The van der Waals surface area contributed by atoms with Crippen molar-refractivity contribution in [3.8, 4) is 5.75 Å². The van der Waals surface area contributed by atoms with E-state index in [-0.39, 0.29) is 6.10 Å². The molecule has 4 heteroatoms. The molecule has 0 unspecified atom stereocenters. The molecule has 1 aliphatic carbocycles. The molecule has 3 nitrogen and oxygen atoms in total. The average Bonchev–Trinajstić information content (AvgIpc) is 2.34. The lowest BCUT2D eigenvalue weighted by Crippen LogP contribution is -2.21. The average molecular weight is 267 g/mol. The van der Waals surface area contributed by atoms with Crippen molar-refractivity contribution in [2.45, 2.75) is 31.8 Å². The van der Waals surface area contributed by atoms with E-state index < -0.39 is 5.97 Å². The summed E-state index contributed by atoms with van der Waals surface area (Å²) in [5.41, 5.74) is 0.988. The Morgan fingerprint density at radius 2 is 2.00 bits per heavy atom. The van der Waals surface area contributed by atoms with Crippen LogP contribution in [0.2, 0.25) is 5.02 Å². The molecule has 0 spiro atoms. The van der Waals surface area contributed by atoms with E-state index in [1.807, 2.05) is 18.2 Å². The van der Waals surface area contributed by atoms with Crippen LogP contribution in [0, 0.1) is 0 Å². The van der Waals surface area contributed by atoms with Crippen molar-refractivity contribution in [3.05, 3.63) is 40.9 Å². The molecule has 1 aromatic carbocycles. The molecule has 0 atom stereocenters. The molecule has 0 heterocycles. The smallest absolute Gasteiger partial charge is 0.328 e. The van der Waals surface area contributed by atoms with E-state index in [4.69, 9.17) is 21.4 Å². The maximum absolute atomic E-state index is 10.6. The number of carboxylic acids is 1. The minimum Gasteiger partial charge on any atom is -0.489 e. The summed E-state index contributed by atoms with van der Waals surface area (Å²) in [6, 6.07) is 7.41. The molecule has 2 rings (SSSR count). The number of benzene rings is 1. The van der Waals surface area contributed by atoms with E-state index in [9.17, 15) is 4.79 Å². The molecule has 1 saturated carbocycles. The Balaban J connectivity index is 1.91. The van der Waals surface area contributed by atoms with Crippen LogP contribution in [0.3, 0.4) is 0 Å². The molecular formula is C14H15ClO3. The van der Waals surface area contributed by atoms with Crippen LogP contribution in [0.5, 0.6) is 5.75 Å². The second-order valence-corrected chi connectivity index (χ2v) is 4.80. The van der Waals surface area contributed by atoms with E-state index in [2.05, 4.69) is 0 Å². The van der Waals surface area contributed by atoms with Gasteiger partial charge in [0.05, 0.1) is 11.1 Å². The van der Waals surface area contributed by atoms with Crippen molar-refractivity contribution in [3.63, 3.8) is 0 Å². The number of allylic oxidation sites excluding steroid dienone is 1. The molecule has 1 fully saturated rings. The maximum atomic E-state index is 10.6. The molecule has 1 aliphatic rings. The van der Waals surface area contributed by atoms with Gasteiger partial charge in [0.15, 0.2) is 0 Å². The van der Waals surface area contributed by atoms with Crippen molar-refractivity contribution in [2.75, 3.05) is 0 Å². The van der Waals surface area contributed by atoms with Gasteiger partial charge in [0.25, 0.3) is 0 Å². The first-order chi connectivity index (χ1) is 8.65. The van der Waals surface area contributed by atoms with Crippen molar-refractivity contribution in [2.24, 2.45) is 0 Å². The highest BCUT2D eigenvalue weighted by Crippen LogP contribution is 2.30. The van der Waals surface area contributed by atoms with E-state index >= 15 is 0 Å². The van der Waals surface area contributed by atoms with Gasteiger partial charge in [-0.3, -0.25) is 0 Å². The van der Waals surface area contributed by atoms with E-state index in [0.29, 0.717) is 10.8 Å². The fourth-order valence-electron chi connectivity index (χ4n) is 2.12. The Bertz CT molecular complexity index is 458. The summed E-state index contributed by atoms with van der Waals surface area (Å²) in [5.74, 6) is -0.162. The van der Waals surface area contributed by atoms with Crippen molar-refractivity contribution in [1.29, 1.82) is 0 Å². The van der Waals surface area contributed by atoms with Gasteiger partial charge in [-0.15, -0.1) is 0 Å². The number of aliphatic carboxylic acids is 1. The van der Waals surface area contributed by atoms with Gasteiger partial charge in [-0.05, 0) is 37.8 Å². The second-order valence-electron chi connectivity index (χ2n) is 4.39. The van der Waals surface area contributed by atoms with E-state index in [1.54, 1.807) is 6.07 Å². The number of halogens is 1. The van der Waals surface area contributed by atoms with Gasteiger partial charge >= 0.3 is 5.97 Å². The third kappa shape index (κ3) is 3.50. The van der Waals surface area contributed by atoms with Crippen LogP contribution >= 0.6 is 11.6 Å². The highest BCUT2D eigenvalue weighted by atomic mass is 35.5. The predicted octanol–water partition coefficient (Wildman–Crippen LogP) is 3.67. The van der Waals surface area contributed by atoms with Gasteiger partial charge in [0, 0.05) is 6.08 Å². The standard InChI is InChI=1S/C14H15ClO3/c15-12-3-1-2-4-13(12)18-11-7-5-10(6-8-11)9-14(16)17/h1-4,9,11H,5-8H2,(H,16,17). The topological polar surface area (TPSA) is 46.5 Å². The van der Waals surface area contributed by atoms with Gasteiger partial charge < -0.3 is 9.84 Å². The second kappa shape index (κ2) is 5.91. The zero-order valence-electron chi connectivity index (χ0n) is 9.93. The molecule has 0 bridgehead atoms. The lowest BCUT2D eigenvalue weighted by Gasteiger charge is -2.25. The van der Waals surface area contributed by atoms with Crippen LogP contribution in [-0.4, -0.2) is 17.2 Å². The highest BCUT2D eigenvalue weighted by molar-refractivity contribution is 6.32. The molecule has 0 saturated heterocycles. The first kappa shape index (κ1) is 13.0. The monoisotopic (exact) mass is 266 g/mol. The first-order valence-corrected chi connectivity index (χ1v) is 6.36. The molecule has 0 aliphatic heterocycles. The summed E-state index contributed by atoms with van der Waals surface area (Å²) in [5, 5.41) is 9.29. The van der Waals surface area contributed by atoms with Crippen molar-refractivity contribution < 1.29 is 14.6 Å². The zero-order chi connectivity index (χ0) is 13.0. The van der Waals surface area contributed by atoms with Gasteiger partial charge in [-0.25, -0.2) is 4.79 Å². The fourth-order valence-corrected chi connectivity index (χ4v) is 2.30. The minimum absolute atomic E-state index is 0.121. The lowest BCUT2D eigenvalue weighted by atomic mass is 9.92.